The number of nitrogens with zero attached hydrogens (tertiary/aromatic N) is 1. The van der Waals surface area contributed by atoms with Crippen molar-refractivity contribution in [2.24, 2.45) is 0 Å². The molecule has 0 radical (unpaired) electrons. The maximum atomic E-state index is 12.7. The molecule has 0 aromatic heterocycles. The Morgan fingerprint density at radius 2 is 1.73 bits per heavy atom. The van der Waals surface area contributed by atoms with Gasteiger partial charge in [0.25, 0.3) is 0 Å². The summed E-state index contributed by atoms with van der Waals surface area (Å²) in [6, 6.07) is 12.6. The van der Waals surface area contributed by atoms with E-state index in [0.717, 1.165) is 10.6 Å². The molecule has 0 saturated carbocycles. The van der Waals surface area contributed by atoms with E-state index in [0.29, 0.717) is 36.1 Å². The monoisotopic (exact) mass is 376 g/mol. The second-order valence-corrected chi connectivity index (χ2v) is 7.78. The summed E-state index contributed by atoms with van der Waals surface area (Å²) < 4.78 is 36.5. The molecule has 1 atom stereocenters. The van der Waals surface area contributed by atoms with Gasteiger partial charge >= 0.3 is 0 Å². The van der Waals surface area contributed by atoms with Gasteiger partial charge in [-0.05, 0) is 31.2 Å². The van der Waals surface area contributed by atoms with Gasteiger partial charge in [0, 0.05) is 11.8 Å². The summed E-state index contributed by atoms with van der Waals surface area (Å²) in [7, 11) is -3.64. The molecule has 0 saturated heterocycles. The van der Waals surface area contributed by atoms with Crippen molar-refractivity contribution in [2.75, 3.05) is 29.1 Å². The summed E-state index contributed by atoms with van der Waals surface area (Å²) in [5.41, 5.74) is 0.937. The molecule has 2 aromatic carbocycles. The molecule has 0 unspecified atom stereocenters. The highest BCUT2D eigenvalue weighted by molar-refractivity contribution is 7.92. The van der Waals surface area contributed by atoms with Crippen molar-refractivity contribution in [2.45, 2.75) is 13.0 Å². The van der Waals surface area contributed by atoms with Crippen LogP contribution in [0.2, 0.25) is 0 Å². The predicted molar refractivity (Wildman–Crippen MR) is 99.3 cm³/mol. The van der Waals surface area contributed by atoms with Gasteiger partial charge in [-0.3, -0.25) is 9.10 Å². The third-order valence-electron chi connectivity index (χ3n) is 3.91. The second kappa shape index (κ2) is 7.25. The van der Waals surface area contributed by atoms with Gasteiger partial charge in [0.15, 0.2) is 11.5 Å². The first-order chi connectivity index (χ1) is 12.4. The molecule has 8 heteroatoms. The summed E-state index contributed by atoms with van der Waals surface area (Å²) in [5.74, 6) is 0.713. The van der Waals surface area contributed by atoms with Gasteiger partial charge in [-0.2, -0.15) is 0 Å². The highest BCUT2D eigenvalue weighted by Crippen LogP contribution is 2.32. The van der Waals surface area contributed by atoms with Crippen LogP contribution in [0.25, 0.3) is 0 Å². The molecular weight excluding hydrogens is 356 g/mol. The van der Waals surface area contributed by atoms with Crippen molar-refractivity contribution in [3.63, 3.8) is 0 Å². The molecule has 26 heavy (non-hydrogen) atoms. The van der Waals surface area contributed by atoms with Gasteiger partial charge in [-0.1, -0.05) is 18.2 Å². The number of carbonyl (C=O) groups excluding carboxylic acids is 1. The lowest BCUT2D eigenvalue weighted by atomic mass is 10.2. The van der Waals surface area contributed by atoms with Crippen molar-refractivity contribution in [3.8, 4) is 11.5 Å². The largest absolute Gasteiger partial charge is 0.486 e. The highest BCUT2D eigenvalue weighted by atomic mass is 32.2. The van der Waals surface area contributed by atoms with E-state index < -0.39 is 22.0 Å². The number of hydrogen-bond donors (Lipinski definition) is 1. The standard InChI is InChI=1S/C18H20N2O5S/c1-13(20(26(2,22)23)15-6-4-3-5-7-15)18(21)19-14-8-9-16-17(12-14)25-11-10-24-16/h3-9,12-13H,10-11H2,1-2H3,(H,19,21)/t13-/m0/s1. The smallest absolute Gasteiger partial charge is 0.247 e. The Morgan fingerprint density at radius 1 is 1.08 bits per heavy atom. The third-order valence-corrected chi connectivity index (χ3v) is 5.15. The quantitative estimate of drug-likeness (QED) is 0.865. The molecule has 1 aliphatic rings. The minimum absolute atomic E-state index is 0.430. The lowest BCUT2D eigenvalue weighted by Gasteiger charge is -2.28. The number of fused-ring (bicyclic) bond motifs is 1. The fourth-order valence-electron chi connectivity index (χ4n) is 2.75. The summed E-state index contributed by atoms with van der Waals surface area (Å²) in [6.45, 7) is 2.47. The lowest BCUT2D eigenvalue weighted by Crippen LogP contribution is -2.45. The summed E-state index contributed by atoms with van der Waals surface area (Å²) in [4.78, 5) is 12.7. The van der Waals surface area contributed by atoms with Crippen molar-refractivity contribution < 1.29 is 22.7 Å². The van der Waals surface area contributed by atoms with E-state index in [-0.39, 0.29) is 0 Å². The van der Waals surface area contributed by atoms with Crippen LogP contribution in [0, 0.1) is 0 Å². The lowest BCUT2D eigenvalue weighted by molar-refractivity contribution is -0.116. The molecule has 1 amide bonds. The molecule has 0 spiro atoms. The summed E-state index contributed by atoms with van der Waals surface area (Å²) in [5, 5.41) is 2.73. The Labute approximate surface area is 152 Å². The molecule has 0 bridgehead atoms. The minimum atomic E-state index is -3.64. The maximum absolute atomic E-state index is 12.7. The van der Waals surface area contributed by atoms with Crippen LogP contribution in [0.4, 0.5) is 11.4 Å². The van der Waals surface area contributed by atoms with Crippen molar-refractivity contribution in [1.29, 1.82) is 0 Å². The van der Waals surface area contributed by atoms with Crippen LogP contribution < -0.4 is 19.1 Å². The Hall–Kier alpha value is -2.74. The molecule has 2 aromatic rings. The van der Waals surface area contributed by atoms with Crippen LogP contribution in [-0.4, -0.2) is 39.8 Å². The number of sulfonamides is 1. The Bertz CT molecular complexity index is 899. The summed E-state index contributed by atoms with van der Waals surface area (Å²) >= 11 is 0. The van der Waals surface area contributed by atoms with E-state index in [1.165, 1.54) is 0 Å². The number of nitrogens with one attached hydrogen (secondary N) is 1. The van der Waals surface area contributed by atoms with Gasteiger partial charge in [0.1, 0.15) is 19.3 Å². The Balaban J connectivity index is 1.81. The van der Waals surface area contributed by atoms with Gasteiger partial charge in [-0.15, -0.1) is 0 Å². The number of ether oxygens (including phenoxy) is 2. The molecule has 0 fully saturated rings. The highest BCUT2D eigenvalue weighted by Gasteiger charge is 2.29. The number of carbonyl (C=O) groups is 1. The van der Waals surface area contributed by atoms with E-state index in [2.05, 4.69) is 5.32 Å². The maximum Gasteiger partial charge on any atom is 0.247 e. The van der Waals surface area contributed by atoms with E-state index >= 15 is 0 Å². The molecule has 7 nitrogen and oxygen atoms in total. The molecule has 138 valence electrons. The molecule has 0 aliphatic carbocycles. The SMILES string of the molecule is C[C@@H](C(=O)Nc1ccc2c(c1)OCCO2)N(c1ccccc1)S(C)(=O)=O. The number of anilines is 2. The zero-order valence-corrected chi connectivity index (χ0v) is 15.3. The van der Waals surface area contributed by atoms with Gasteiger partial charge in [0.05, 0.1) is 11.9 Å². The average molecular weight is 376 g/mol. The van der Waals surface area contributed by atoms with Crippen LogP contribution in [-0.2, 0) is 14.8 Å². The molecule has 3 rings (SSSR count). The van der Waals surface area contributed by atoms with Crippen LogP contribution in [0.1, 0.15) is 6.92 Å². The molecule has 1 aliphatic heterocycles. The first kappa shape index (κ1) is 18.1. The number of amides is 1. The average Bonchev–Trinajstić information content (AvgIpc) is 2.61. The Kier molecular flexibility index (Phi) is 5.03. The van der Waals surface area contributed by atoms with Crippen molar-refractivity contribution >= 4 is 27.3 Å². The predicted octanol–water partition coefficient (Wildman–Crippen LogP) is 2.25. The zero-order valence-electron chi connectivity index (χ0n) is 14.5. The van der Waals surface area contributed by atoms with Crippen LogP contribution >= 0.6 is 0 Å². The number of rotatable bonds is 5. The minimum Gasteiger partial charge on any atom is -0.486 e. The second-order valence-electron chi connectivity index (χ2n) is 5.92. The van der Waals surface area contributed by atoms with E-state index in [4.69, 9.17) is 9.47 Å². The molecule has 1 heterocycles. The van der Waals surface area contributed by atoms with Crippen LogP contribution in [0.5, 0.6) is 11.5 Å². The third kappa shape index (κ3) is 3.91. The number of benzene rings is 2. The van der Waals surface area contributed by atoms with E-state index in [1.807, 2.05) is 0 Å². The fraction of sp³-hybridized carbons (Fsp3) is 0.278. The van der Waals surface area contributed by atoms with Crippen molar-refractivity contribution in [1.82, 2.24) is 0 Å². The van der Waals surface area contributed by atoms with Gasteiger partial charge in [0.2, 0.25) is 15.9 Å². The number of para-hydroxylation sites is 1. The van der Waals surface area contributed by atoms with Gasteiger partial charge < -0.3 is 14.8 Å². The molecular formula is C18H20N2O5S. The first-order valence-corrected chi connectivity index (χ1v) is 9.96. The summed E-state index contributed by atoms with van der Waals surface area (Å²) in [6.07, 6.45) is 1.08. The van der Waals surface area contributed by atoms with Crippen LogP contribution in [0.15, 0.2) is 48.5 Å². The first-order valence-electron chi connectivity index (χ1n) is 8.11. The normalized spacial score (nSPS) is 14.4. The topological polar surface area (TPSA) is 84.9 Å². The van der Waals surface area contributed by atoms with E-state index in [1.54, 1.807) is 55.5 Å². The fourth-order valence-corrected chi connectivity index (χ4v) is 3.93. The molecule has 1 N–H and O–H groups in total. The number of hydrogen-bond acceptors (Lipinski definition) is 5. The zero-order chi connectivity index (χ0) is 18.7. The van der Waals surface area contributed by atoms with Gasteiger partial charge in [-0.25, -0.2) is 8.42 Å². The van der Waals surface area contributed by atoms with Crippen molar-refractivity contribution in [3.05, 3.63) is 48.5 Å². The Morgan fingerprint density at radius 3 is 2.38 bits per heavy atom. The van der Waals surface area contributed by atoms with E-state index in [9.17, 15) is 13.2 Å². The van der Waals surface area contributed by atoms with Crippen LogP contribution in [0.3, 0.4) is 0 Å².